The third-order valence-corrected chi connectivity index (χ3v) is 10.0. The van der Waals surface area contributed by atoms with Gasteiger partial charge in [-0.3, -0.25) is 0 Å². The molecule has 8 nitrogen and oxygen atoms in total. The summed E-state index contributed by atoms with van der Waals surface area (Å²) in [4.78, 5) is 22.0. The molecule has 4 atom stereocenters. The number of carbonyl (C=O) groups is 2. The van der Waals surface area contributed by atoms with E-state index in [1.807, 2.05) is 0 Å². The molecule has 0 saturated carbocycles. The Labute approximate surface area is 344 Å². The van der Waals surface area contributed by atoms with Crippen molar-refractivity contribution in [1.29, 1.82) is 0 Å². The fourth-order valence-corrected chi connectivity index (χ4v) is 6.64. The average Bonchev–Trinajstić information content (AvgIpc) is 3.10. The Balaban J connectivity index is -0.000000886. The molecule has 300 valence electrons. The van der Waals surface area contributed by atoms with Crippen molar-refractivity contribution in [2.75, 3.05) is 13.2 Å². The Morgan fingerprint density at radius 2 is 0.608 bits per heavy atom. The number of carboxylic acid groups (broad SMARTS) is 2. The van der Waals surface area contributed by atoms with E-state index in [0.717, 1.165) is 38.5 Å². The van der Waals surface area contributed by atoms with Crippen LogP contribution in [0.15, 0.2) is 0 Å². The van der Waals surface area contributed by atoms with Gasteiger partial charge in [-0.25, -0.2) is 0 Å². The van der Waals surface area contributed by atoms with Crippen molar-refractivity contribution in [2.45, 2.75) is 232 Å². The second-order valence-corrected chi connectivity index (χ2v) is 14.9. The van der Waals surface area contributed by atoms with Gasteiger partial charge in [0.05, 0.1) is 25.4 Å². The minimum Gasteiger partial charge on any atom is -0.550 e. The molecule has 0 spiro atoms. The number of aliphatic hydroxyl groups is 4. The van der Waals surface area contributed by atoms with Gasteiger partial charge < -0.3 is 40.2 Å². The molecular formula is C42H82CaO8. The molecule has 0 rings (SSSR count). The predicted octanol–water partition coefficient (Wildman–Crippen LogP) is 7.55. The molecule has 0 aromatic heterocycles. The van der Waals surface area contributed by atoms with Gasteiger partial charge in [0.25, 0.3) is 0 Å². The van der Waals surface area contributed by atoms with Crippen LogP contribution in [0.3, 0.4) is 0 Å². The maximum Gasteiger partial charge on any atom is 2.00 e. The van der Waals surface area contributed by atoms with Gasteiger partial charge in [0.2, 0.25) is 0 Å². The zero-order chi connectivity index (χ0) is 37.5. The topological polar surface area (TPSA) is 161 Å². The van der Waals surface area contributed by atoms with Crippen LogP contribution in [0.1, 0.15) is 219 Å². The van der Waals surface area contributed by atoms with Gasteiger partial charge in [0.1, 0.15) is 0 Å². The summed E-state index contributed by atoms with van der Waals surface area (Å²) >= 11 is 0. The molecule has 0 aliphatic rings. The van der Waals surface area contributed by atoms with Crippen LogP contribution in [0, 0.1) is 11.8 Å². The third kappa shape index (κ3) is 42.6. The molecule has 51 heavy (non-hydrogen) atoms. The molecule has 9 heteroatoms. The average molecular weight is 755 g/mol. The number of carbonyl (C=O) groups excluding carboxylic acids is 2. The number of carboxylic acids is 2. The van der Waals surface area contributed by atoms with Crippen LogP contribution in [0.25, 0.3) is 0 Å². The van der Waals surface area contributed by atoms with E-state index in [9.17, 15) is 30.0 Å². The Hall–Kier alpha value is 0.0397. The summed E-state index contributed by atoms with van der Waals surface area (Å²) in [6.07, 6.45) is 35.1. The van der Waals surface area contributed by atoms with Crippen LogP contribution in [0.4, 0.5) is 0 Å². The van der Waals surface area contributed by atoms with E-state index in [2.05, 4.69) is 13.8 Å². The van der Waals surface area contributed by atoms with E-state index in [-0.39, 0.29) is 63.8 Å². The first-order valence-electron chi connectivity index (χ1n) is 21.2. The zero-order valence-electron chi connectivity index (χ0n) is 33.5. The molecule has 0 saturated heterocycles. The van der Waals surface area contributed by atoms with Crippen molar-refractivity contribution in [3.63, 3.8) is 0 Å². The molecule has 4 N–H and O–H groups in total. The van der Waals surface area contributed by atoms with E-state index in [1.165, 1.54) is 141 Å². The fraction of sp³-hybridized carbons (Fsp3) is 0.952. The van der Waals surface area contributed by atoms with Crippen molar-refractivity contribution < 1.29 is 40.2 Å². The minimum absolute atomic E-state index is 0. The standard InChI is InChI=1S/2C21H42O4.Ca/c2*1-2-3-4-5-6-7-8-9-10-11-12-13-14-15-16-19(21(24)25)17-20(23)18-22;/h2*19-20,22-23H,2-18H2,1H3,(H,24,25);/q;;+2/p-2. The Morgan fingerprint density at radius 3 is 0.784 bits per heavy atom. The zero-order valence-corrected chi connectivity index (χ0v) is 35.7. The largest absolute Gasteiger partial charge is 2.00 e. The number of unbranched alkanes of at least 4 members (excludes halogenated alkanes) is 26. The molecule has 0 fully saturated rings. The van der Waals surface area contributed by atoms with E-state index in [0.29, 0.717) is 12.8 Å². The van der Waals surface area contributed by atoms with Crippen LogP contribution < -0.4 is 10.2 Å². The molecule has 0 aromatic rings. The van der Waals surface area contributed by atoms with Crippen LogP contribution >= 0.6 is 0 Å². The quantitative estimate of drug-likeness (QED) is 0.0371. The van der Waals surface area contributed by atoms with E-state index in [4.69, 9.17) is 10.2 Å². The Bertz CT molecular complexity index is 652. The number of hydrogen-bond donors (Lipinski definition) is 4. The number of aliphatic hydroxyl groups excluding tert-OH is 4. The van der Waals surface area contributed by atoms with Crippen molar-refractivity contribution in [3.8, 4) is 0 Å². The molecule has 0 aliphatic heterocycles. The van der Waals surface area contributed by atoms with Crippen molar-refractivity contribution in [1.82, 2.24) is 0 Å². The van der Waals surface area contributed by atoms with Crippen molar-refractivity contribution >= 4 is 49.7 Å². The predicted molar refractivity (Wildman–Crippen MR) is 208 cm³/mol. The molecule has 0 aromatic carbocycles. The number of hydrogen-bond acceptors (Lipinski definition) is 8. The van der Waals surface area contributed by atoms with E-state index in [1.54, 1.807) is 0 Å². The number of rotatable bonds is 38. The summed E-state index contributed by atoms with van der Waals surface area (Å²) in [5, 5.41) is 58.3. The molecule has 0 radical (unpaired) electrons. The maximum atomic E-state index is 11.0. The van der Waals surface area contributed by atoms with Crippen molar-refractivity contribution in [2.24, 2.45) is 11.8 Å². The first-order chi connectivity index (χ1) is 24.2. The summed E-state index contributed by atoms with van der Waals surface area (Å²) in [7, 11) is 0. The molecule has 0 heterocycles. The smallest absolute Gasteiger partial charge is 0.550 e. The number of aliphatic carboxylic acids is 2. The molecule has 4 unspecified atom stereocenters. The van der Waals surface area contributed by atoms with Crippen LogP contribution in [0.2, 0.25) is 0 Å². The molecule has 0 amide bonds. The van der Waals surface area contributed by atoms with Crippen LogP contribution in [-0.4, -0.2) is 95.5 Å². The second-order valence-electron chi connectivity index (χ2n) is 14.9. The summed E-state index contributed by atoms with van der Waals surface area (Å²) in [6.45, 7) is 3.73. The SMILES string of the molecule is CCCCCCCCCCCCCCCCC(CC(O)CO)C(=O)[O-].CCCCCCCCCCCCCCCCC(CC(O)CO)C(=O)[O-].[Ca+2]. The van der Waals surface area contributed by atoms with Crippen molar-refractivity contribution in [3.05, 3.63) is 0 Å². The Kier molecular flexibility index (Phi) is 48.3. The summed E-state index contributed by atoms with van der Waals surface area (Å²) in [5.74, 6) is -3.50. The second kappa shape index (κ2) is 44.4. The first kappa shape index (κ1) is 55.4. The van der Waals surface area contributed by atoms with Gasteiger partial charge in [0.15, 0.2) is 0 Å². The fourth-order valence-electron chi connectivity index (χ4n) is 6.64. The minimum atomic E-state index is -1.11. The van der Waals surface area contributed by atoms with Gasteiger partial charge >= 0.3 is 37.7 Å². The van der Waals surface area contributed by atoms with Gasteiger partial charge in [-0.1, -0.05) is 194 Å². The van der Waals surface area contributed by atoms with Gasteiger partial charge in [-0.2, -0.15) is 0 Å². The normalized spacial score (nSPS) is 13.5. The Morgan fingerprint density at radius 1 is 0.412 bits per heavy atom. The van der Waals surface area contributed by atoms with E-state index < -0.39 is 36.0 Å². The van der Waals surface area contributed by atoms with Crippen LogP contribution in [-0.2, 0) is 9.59 Å². The van der Waals surface area contributed by atoms with Gasteiger partial charge in [-0.15, -0.1) is 0 Å². The molecule has 0 bridgehead atoms. The van der Waals surface area contributed by atoms with Crippen LogP contribution in [0.5, 0.6) is 0 Å². The summed E-state index contributed by atoms with van der Waals surface area (Å²) < 4.78 is 0. The third-order valence-electron chi connectivity index (χ3n) is 10.0. The maximum absolute atomic E-state index is 11.0. The molecule has 0 aliphatic carbocycles. The van der Waals surface area contributed by atoms with Gasteiger partial charge in [0, 0.05) is 23.8 Å². The van der Waals surface area contributed by atoms with E-state index >= 15 is 0 Å². The monoisotopic (exact) mass is 755 g/mol. The summed E-state index contributed by atoms with van der Waals surface area (Å²) in [6, 6.07) is 0. The van der Waals surface area contributed by atoms with Gasteiger partial charge in [-0.05, 0) is 25.7 Å². The first-order valence-corrected chi connectivity index (χ1v) is 21.2. The summed E-state index contributed by atoms with van der Waals surface area (Å²) in [5.41, 5.74) is 0. The molecular weight excluding hydrogens is 673 g/mol.